The molecule has 0 aliphatic carbocycles. The van der Waals surface area contributed by atoms with E-state index in [4.69, 9.17) is 9.15 Å². The molecular formula is C17H20FN3O2. The summed E-state index contributed by atoms with van der Waals surface area (Å²) < 4.78 is 26.3. The van der Waals surface area contributed by atoms with Crippen molar-refractivity contribution in [2.45, 2.75) is 26.9 Å². The Bertz CT molecular complexity index is 851. The zero-order valence-corrected chi connectivity index (χ0v) is 13.7. The largest absolute Gasteiger partial charge is 0.481 e. The lowest BCUT2D eigenvalue weighted by molar-refractivity contribution is 0.367. The van der Waals surface area contributed by atoms with E-state index in [0.29, 0.717) is 18.7 Å². The third-order valence-electron chi connectivity index (χ3n) is 4.07. The van der Waals surface area contributed by atoms with Crippen LogP contribution in [0.15, 0.2) is 22.6 Å². The van der Waals surface area contributed by atoms with E-state index in [0.717, 1.165) is 33.8 Å². The van der Waals surface area contributed by atoms with Crippen molar-refractivity contribution in [3.05, 3.63) is 46.6 Å². The molecule has 1 N–H and O–H groups in total. The van der Waals surface area contributed by atoms with Gasteiger partial charge in [-0.2, -0.15) is 5.10 Å². The van der Waals surface area contributed by atoms with E-state index in [1.807, 2.05) is 20.9 Å². The number of rotatable bonds is 5. The molecule has 122 valence electrons. The van der Waals surface area contributed by atoms with E-state index < -0.39 is 0 Å². The van der Waals surface area contributed by atoms with Gasteiger partial charge < -0.3 is 14.5 Å². The minimum Gasteiger partial charge on any atom is -0.481 e. The Morgan fingerprint density at radius 2 is 2.09 bits per heavy atom. The predicted octanol–water partition coefficient (Wildman–Crippen LogP) is 3.22. The van der Waals surface area contributed by atoms with Gasteiger partial charge in [-0.15, -0.1) is 0 Å². The Balaban J connectivity index is 1.76. The first-order valence-corrected chi connectivity index (χ1v) is 7.46. The fourth-order valence-electron chi connectivity index (χ4n) is 2.85. The highest BCUT2D eigenvalue weighted by Crippen LogP contribution is 2.26. The van der Waals surface area contributed by atoms with Crippen LogP contribution in [-0.4, -0.2) is 16.9 Å². The van der Waals surface area contributed by atoms with Gasteiger partial charge in [0, 0.05) is 19.0 Å². The smallest absolute Gasteiger partial charge is 0.216 e. The number of benzene rings is 1. The molecule has 0 fully saturated rings. The van der Waals surface area contributed by atoms with Crippen LogP contribution in [0.4, 0.5) is 4.39 Å². The number of hydrogen-bond donors (Lipinski definition) is 1. The minimum absolute atomic E-state index is 0.253. The maximum absolute atomic E-state index is 13.3. The molecule has 0 unspecified atom stereocenters. The highest BCUT2D eigenvalue weighted by atomic mass is 19.1. The standard InChI is InChI=1S/C17H20FN3O2/c1-10-13-7-12(18)5-6-15(13)23-16(10)9-19-8-14-11(2)20-21(3)17(14)22-4/h5-7,19H,8-9H2,1-4H3. The number of aromatic nitrogens is 2. The molecular weight excluding hydrogens is 297 g/mol. The molecule has 5 nitrogen and oxygen atoms in total. The summed E-state index contributed by atoms with van der Waals surface area (Å²) in [6.07, 6.45) is 0. The van der Waals surface area contributed by atoms with Crippen LogP contribution < -0.4 is 10.1 Å². The summed E-state index contributed by atoms with van der Waals surface area (Å²) in [6.45, 7) is 5.07. The van der Waals surface area contributed by atoms with Crippen molar-refractivity contribution in [1.29, 1.82) is 0 Å². The molecule has 0 amide bonds. The molecule has 0 bridgehead atoms. The number of hydrogen-bond acceptors (Lipinski definition) is 4. The first-order chi connectivity index (χ1) is 11.0. The number of ether oxygens (including phenoxy) is 1. The normalized spacial score (nSPS) is 11.3. The summed E-state index contributed by atoms with van der Waals surface area (Å²) >= 11 is 0. The van der Waals surface area contributed by atoms with Gasteiger partial charge >= 0.3 is 0 Å². The second-order valence-corrected chi connectivity index (χ2v) is 5.59. The molecule has 0 saturated carbocycles. The monoisotopic (exact) mass is 317 g/mol. The van der Waals surface area contributed by atoms with E-state index in [1.165, 1.54) is 12.1 Å². The van der Waals surface area contributed by atoms with Gasteiger partial charge in [-0.3, -0.25) is 0 Å². The van der Waals surface area contributed by atoms with Crippen LogP contribution in [0.25, 0.3) is 11.0 Å². The molecule has 0 saturated heterocycles. The van der Waals surface area contributed by atoms with Crippen molar-refractivity contribution < 1.29 is 13.5 Å². The number of furan rings is 1. The van der Waals surface area contributed by atoms with Crippen LogP contribution in [0.2, 0.25) is 0 Å². The van der Waals surface area contributed by atoms with Crippen LogP contribution in [0.1, 0.15) is 22.6 Å². The summed E-state index contributed by atoms with van der Waals surface area (Å²) in [5, 5.41) is 8.52. The van der Waals surface area contributed by atoms with Crippen molar-refractivity contribution in [2.75, 3.05) is 7.11 Å². The van der Waals surface area contributed by atoms with E-state index in [-0.39, 0.29) is 5.82 Å². The molecule has 0 spiro atoms. The summed E-state index contributed by atoms with van der Waals surface area (Å²) in [5.41, 5.74) is 3.62. The SMILES string of the molecule is COc1c(CNCc2oc3ccc(F)cc3c2C)c(C)nn1C. The van der Waals surface area contributed by atoms with Crippen molar-refractivity contribution >= 4 is 11.0 Å². The van der Waals surface area contributed by atoms with E-state index in [1.54, 1.807) is 17.9 Å². The molecule has 6 heteroatoms. The van der Waals surface area contributed by atoms with Crippen molar-refractivity contribution in [1.82, 2.24) is 15.1 Å². The van der Waals surface area contributed by atoms with Crippen LogP contribution >= 0.6 is 0 Å². The van der Waals surface area contributed by atoms with Crippen LogP contribution in [0.5, 0.6) is 5.88 Å². The number of halogens is 1. The maximum atomic E-state index is 13.3. The van der Waals surface area contributed by atoms with E-state index in [2.05, 4.69) is 10.4 Å². The summed E-state index contributed by atoms with van der Waals surface area (Å²) in [4.78, 5) is 0. The van der Waals surface area contributed by atoms with Crippen LogP contribution in [0.3, 0.4) is 0 Å². The molecule has 0 aliphatic rings. The first-order valence-electron chi connectivity index (χ1n) is 7.46. The fourth-order valence-corrected chi connectivity index (χ4v) is 2.85. The van der Waals surface area contributed by atoms with Crippen molar-refractivity contribution in [3.63, 3.8) is 0 Å². The second kappa shape index (κ2) is 6.04. The first kappa shape index (κ1) is 15.6. The Kier molecular flexibility index (Phi) is 4.09. The zero-order chi connectivity index (χ0) is 16.6. The summed E-state index contributed by atoms with van der Waals surface area (Å²) in [7, 11) is 3.49. The average Bonchev–Trinajstić information content (AvgIpc) is 2.97. The lowest BCUT2D eigenvalue weighted by Gasteiger charge is -2.06. The highest BCUT2D eigenvalue weighted by molar-refractivity contribution is 5.82. The number of nitrogens with zero attached hydrogens (tertiary/aromatic N) is 2. The number of fused-ring (bicyclic) bond motifs is 1. The van der Waals surface area contributed by atoms with Gasteiger partial charge in [-0.25, -0.2) is 9.07 Å². The van der Waals surface area contributed by atoms with Crippen LogP contribution in [0, 0.1) is 19.7 Å². The molecule has 3 rings (SSSR count). The van der Waals surface area contributed by atoms with E-state index >= 15 is 0 Å². The van der Waals surface area contributed by atoms with E-state index in [9.17, 15) is 4.39 Å². The maximum Gasteiger partial charge on any atom is 0.216 e. The third kappa shape index (κ3) is 2.82. The molecule has 0 atom stereocenters. The topological polar surface area (TPSA) is 52.2 Å². The number of nitrogens with one attached hydrogen (secondary N) is 1. The van der Waals surface area contributed by atoms with Gasteiger partial charge in [0.05, 0.1) is 24.9 Å². The molecule has 0 aliphatic heterocycles. The van der Waals surface area contributed by atoms with Crippen LogP contribution in [-0.2, 0) is 20.1 Å². The Morgan fingerprint density at radius 3 is 2.83 bits per heavy atom. The lowest BCUT2D eigenvalue weighted by Crippen LogP contribution is -2.14. The number of methoxy groups -OCH3 is 1. The summed E-state index contributed by atoms with van der Waals surface area (Å²) in [5.74, 6) is 1.31. The molecule has 2 heterocycles. The average molecular weight is 317 g/mol. The predicted molar refractivity (Wildman–Crippen MR) is 85.9 cm³/mol. The molecule has 2 aromatic heterocycles. The van der Waals surface area contributed by atoms with Gasteiger partial charge in [0.2, 0.25) is 5.88 Å². The second-order valence-electron chi connectivity index (χ2n) is 5.59. The number of aryl methyl sites for hydroxylation is 3. The quantitative estimate of drug-likeness (QED) is 0.785. The van der Waals surface area contributed by atoms with Gasteiger partial charge in [-0.1, -0.05) is 0 Å². The Morgan fingerprint density at radius 1 is 1.30 bits per heavy atom. The zero-order valence-electron chi connectivity index (χ0n) is 13.7. The minimum atomic E-state index is -0.253. The molecule has 3 aromatic rings. The third-order valence-corrected chi connectivity index (χ3v) is 4.07. The van der Waals surface area contributed by atoms with Crippen molar-refractivity contribution in [2.24, 2.45) is 7.05 Å². The van der Waals surface area contributed by atoms with Gasteiger partial charge in [0.1, 0.15) is 17.2 Å². The van der Waals surface area contributed by atoms with Gasteiger partial charge in [0.15, 0.2) is 0 Å². The van der Waals surface area contributed by atoms with Gasteiger partial charge in [-0.05, 0) is 37.6 Å². The highest BCUT2D eigenvalue weighted by Gasteiger charge is 2.15. The summed E-state index contributed by atoms with van der Waals surface area (Å²) in [6, 6.07) is 4.58. The Hall–Kier alpha value is -2.34. The molecule has 23 heavy (non-hydrogen) atoms. The Labute approximate surface area is 134 Å². The van der Waals surface area contributed by atoms with Gasteiger partial charge in [0.25, 0.3) is 0 Å². The fraction of sp³-hybridized carbons (Fsp3) is 0.353. The van der Waals surface area contributed by atoms with Crippen molar-refractivity contribution in [3.8, 4) is 5.88 Å². The molecule has 0 radical (unpaired) electrons. The molecule has 1 aromatic carbocycles. The lowest BCUT2D eigenvalue weighted by atomic mass is 10.1.